The molecule has 0 bridgehead atoms. The van der Waals surface area contributed by atoms with E-state index in [4.69, 9.17) is 23.2 Å². The van der Waals surface area contributed by atoms with Gasteiger partial charge in [-0.25, -0.2) is 0 Å². The number of rotatable bonds is 5. The first-order valence-electron chi connectivity index (χ1n) is 6.99. The van der Waals surface area contributed by atoms with Gasteiger partial charge in [-0.05, 0) is 31.9 Å². The van der Waals surface area contributed by atoms with Crippen LogP contribution in [0.15, 0.2) is 21.1 Å². The van der Waals surface area contributed by atoms with Crippen LogP contribution in [0.5, 0.6) is 0 Å². The molecule has 0 aliphatic rings. The molecule has 0 aliphatic heterocycles. The van der Waals surface area contributed by atoms with E-state index < -0.39 is 69.5 Å². The molecule has 0 unspecified atom stereocenters. The lowest BCUT2D eigenvalue weighted by Crippen LogP contribution is -2.10. The highest BCUT2D eigenvalue weighted by Gasteiger charge is 2.40. The Morgan fingerprint density at radius 2 is 1.30 bits per heavy atom. The summed E-state index contributed by atoms with van der Waals surface area (Å²) < 4.78 is 39.3. The largest absolute Gasteiger partial charge is 0.419 e. The molecule has 0 amide bonds. The van der Waals surface area contributed by atoms with Gasteiger partial charge < -0.3 is 5.32 Å². The molecule has 2 rings (SSSR count). The summed E-state index contributed by atoms with van der Waals surface area (Å²) in [6.07, 6.45) is -5.01. The molecule has 0 aliphatic carbocycles. The molecule has 2 aromatic rings. The lowest BCUT2D eigenvalue weighted by molar-refractivity contribution is -0.401. The van der Waals surface area contributed by atoms with Crippen LogP contribution < -0.4 is 5.32 Å². The molecule has 0 fully saturated rings. The van der Waals surface area contributed by atoms with Crippen LogP contribution in [-0.2, 0) is 6.18 Å². The van der Waals surface area contributed by atoms with Gasteiger partial charge in [-0.15, -0.1) is 0 Å². The van der Waals surface area contributed by atoms with E-state index in [0.717, 1.165) is 0 Å². The minimum atomic E-state index is -5.01. The summed E-state index contributed by atoms with van der Waals surface area (Å²) in [5, 5.41) is 34.1. The van der Waals surface area contributed by atoms with E-state index in [1.165, 1.54) is 0 Å². The normalized spacial score (nSPS) is 11.3. The van der Waals surface area contributed by atoms with Crippen LogP contribution in [0.1, 0.15) is 5.56 Å². The van der Waals surface area contributed by atoms with Crippen LogP contribution in [0.25, 0.3) is 0 Å². The molecular formula is C13H3Br2Cl2F3N4O6. The van der Waals surface area contributed by atoms with E-state index in [1.54, 1.807) is 0 Å². The van der Waals surface area contributed by atoms with Crippen LogP contribution in [0, 0.1) is 30.3 Å². The summed E-state index contributed by atoms with van der Waals surface area (Å²) in [6.45, 7) is 0. The second-order valence-electron chi connectivity index (χ2n) is 5.26. The number of anilines is 2. The summed E-state index contributed by atoms with van der Waals surface area (Å²) in [6, 6.07) is 0.797. The molecule has 0 saturated carbocycles. The third-order valence-electron chi connectivity index (χ3n) is 3.48. The van der Waals surface area contributed by atoms with Gasteiger partial charge in [-0.2, -0.15) is 13.2 Å². The van der Waals surface area contributed by atoms with Gasteiger partial charge in [0.25, 0.3) is 5.69 Å². The van der Waals surface area contributed by atoms with Gasteiger partial charge in [0.1, 0.15) is 0 Å². The Bertz CT molecular complexity index is 1080. The Hall–Kier alpha value is -2.23. The number of nitrogens with zero attached hydrogens (tertiary/aromatic N) is 3. The first-order valence-corrected chi connectivity index (χ1v) is 9.34. The van der Waals surface area contributed by atoms with Crippen molar-refractivity contribution in [1.82, 2.24) is 0 Å². The van der Waals surface area contributed by atoms with Gasteiger partial charge in [0.15, 0.2) is 5.69 Å². The van der Waals surface area contributed by atoms with Gasteiger partial charge in [0.2, 0.25) is 0 Å². The number of non-ortho nitro benzene ring substituents is 1. The van der Waals surface area contributed by atoms with Gasteiger partial charge in [0.05, 0.1) is 52.7 Å². The van der Waals surface area contributed by atoms with Crippen molar-refractivity contribution in [1.29, 1.82) is 0 Å². The number of hydrogen-bond donors (Lipinski definition) is 1. The first kappa shape index (κ1) is 24.0. The Labute approximate surface area is 189 Å². The molecule has 0 saturated heterocycles. The lowest BCUT2D eigenvalue weighted by Gasteiger charge is -2.19. The van der Waals surface area contributed by atoms with Crippen molar-refractivity contribution in [2.75, 3.05) is 5.32 Å². The minimum absolute atomic E-state index is 0.351. The van der Waals surface area contributed by atoms with E-state index in [9.17, 15) is 43.5 Å². The summed E-state index contributed by atoms with van der Waals surface area (Å²) >= 11 is 17.3. The highest BCUT2D eigenvalue weighted by Crippen LogP contribution is 2.52. The van der Waals surface area contributed by atoms with Gasteiger partial charge in [-0.1, -0.05) is 23.2 Å². The van der Waals surface area contributed by atoms with Crippen molar-refractivity contribution in [3.63, 3.8) is 0 Å². The number of nitrogens with one attached hydrogen (secondary N) is 1. The molecule has 17 heteroatoms. The van der Waals surface area contributed by atoms with E-state index in [1.807, 2.05) is 0 Å². The monoisotopic (exact) mass is 596 g/mol. The Balaban J connectivity index is 2.89. The number of alkyl halides is 3. The molecule has 0 radical (unpaired) electrons. The lowest BCUT2D eigenvalue weighted by atomic mass is 10.1. The zero-order valence-corrected chi connectivity index (χ0v) is 18.3. The van der Waals surface area contributed by atoms with Crippen LogP contribution in [0.3, 0.4) is 0 Å². The van der Waals surface area contributed by atoms with Crippen molar-refractivity contribution in [3.05, 3.63) is 67.0 Å². The Kier molecular flexibility index (Phi) is 6.80. The van der Waals surface area contributed by atoms with Crippen LogP contribution in [-0.4, -0.2) is 14.8 Å². The SMILES string of the molecule is O=[N+]([O-])c1cc([N+](=O)[O-])c(Nc2c(Cl)c(Br)c(Br)c(C(F)(F)F)c2Cl)c([N+](=O)[O-])c1. The fourth-order valence-electron chi connectivity index (χ4n) is 2.24. The molecule has 0 aromatic heterocycles. The predicted octanol–water partition coefficient (Wildman–Crippen LogP) is 7.01. The fourth-order valence-corrected chi connectivity index (χ4v) is 4.11. The molecule has 0 heterocycles. The zero-order chi connectivity index (χ0) is 23.1. The van der Waals surface area contributed by atoms with Gasteiger partial charge in [-0.3, -0.25) is 30.3 Å². The maximum Gasteiger partial charge on any atom is 0.419 e. The quantitative estimate of drug-likeness (QED) is 0.169. The Morgan fingerprint density at radius 1 is 0.833 bits per heavy atom. The second-order valence-corrected chi connectivity index (χ2v) is 7.60. The first-order chi connectivity index (χ1) is 13.7. The minimum Gasteiger partial charge on any atom is -0.342 e. The van der Waals surface area contributed by atoms with E-state index in [0.29, 0.717) is 12.1 Å². The van der Waals surface area contributed by atoms with Crippen molar-refractivity contribution in [2.45, 2.75) is 6.18 Å². The Morgan fingerprint density at radius 3 is 1.67 bits per heavy atom. The summed E-state index contributed by atoms with van der Waals surface area (Å²) in [5.41, 5.74) is -6.42. The highest BCUT2D eigenvalue weighted by atomic mass is 79.9. The molecule has 2 aromatic carbocycles. The standard InChI is InChI=1S/C13H3Br2Cl2F3N4O6/c14-7-6(13(18,19)20)9(16)12(10(17)8(7)15)21-11-4(23(27)28)1-3(22(25)26)2-5(11)24(29)30/h1-2,21H. The van der Waals surface area contributed by atoms with Crippen molar-refractivity contribution < 1.29 is 27.9 Å². The molecule has 30 heavy (non-hydrogen) atoms. The van der Waals surface area contributed by atoms with Crippen LogP contribution >= 0.6 is 55.1 Å². The predicted molar refractivity (Wildman–Crippen MR) is 107 cm³/mol. The van der Waals surface area contributed by atoms with Crippen molar-refractivity contribution in [2.24, 2.45) is 0 Å². The summed E-state index contributed by atoms with van der Waals surface area (Å²) in [7, 11) is 0. The van der Waals surface area contributed by atoms with Gasteiger partial charge >= 0.3 is 17.6 Å². The molecule has 160 valence electrons. The van der Waals surface area contributed by atoms with Crippen LogP contribution in [0.2, 0.25) is 10.0 Å². The van der Waals surface area contributed by atoms with Crippen molar-refractivity contribution in [3.8, 4) is 0 Å². The number of halogens is 7. The molecular weight excluding hydrogens is 596 g/mol. The summed E-state index contributed by atoms with van der Waals surface area (Å²) in [4.78, 5) is 30.1. The highest BCUT2D eigenvalue weighted by molar-refractivity contribution is 9.13. The van der Waals surface area contributed by atoms with E-state index in [-0.39, 0.29) is 4.47 Å². The zero-order valence-electron chi connectivity index (χ0n) is 13.6. The van der Waals surface area contributed by atoms with Crippen LogP contribution in [0.4, 0.5) is 41.6 Å². The average molecular weight is 599 g/mol. The average Bonchev–Trinajstić information content (AvgIpc) is 2.61. The second kappa shape index (κ2) is 8.49. The van der Waals surface area contributed by atoms with E-state index >= 15 is 0 Å². The molecule has 10 nitrogen and oxygen atoms in total. The van der Waals surface area contributed by atoms with E-state index in [2.05, 4.69) is 37.2 Å². The fraction of sp³-hybridized carbons (Fsp3) is 0.0769. The maximum atomic E-state index is 13.4. The third kappa shape index (κ3) is 4.43. The number of nitro benzene ring substituents is 3. The maximum absolute atomic E-state index is 13.4. The molecule has 0 spiro atoms. The van der Waals surface area contributed by atoms with Gasteiger partial charge in [0, 0.05) is 4.47 Å². The topological polar surface area (TPSA) is 141 Å². The smallest absolute Gasteiger partial charge is 0.342 e. The molecule has 1 N–H and O–H groups in total. The summed E-state index contributed by atoms with van der Waals surface area (Å²) in [5.74, 6) is 0. The third-order valence-corrected chi connectivity index (χ3v) is 6.58. The number of benzene rings is 2. The number of nitro groups is 3. The number of hydrogen-bond acceptors (Lipinski definition) is 7. The molecule has 0 atom stereocenters. The van der Waals surface area contributed by atoms with Crippen molar-refractivity contribution >= 4 is 83.5 Å².